The van der Waals surface area contributed by atoms with E-state index in [-0.39, 0.29) is 0 Å². The maximum atomic E-state index is 3.16. The van der Waals surface area contributed by atoms with Gasteiger partial charge in [-0.15, -0.1) is 0 Å². The average Bonchev–Trinajstić information content (AvgIpc) is 2.58. The summed E-state index contributed by atoms with van der Waals surface area (Å²) in [4.78, 5) is 0. The monoisotopic (exact) mass is 277 g/mol. The van der Waals surface area contributed by atoms with Gasteiger partial charge in [0.05, 0.1) is 0 Å². The molecular weight excluding hydrogens is 264 g/mol. The third-order valence-electron chi connectivity index (χ3n) is 4.50. The maximum absolute atomic E-state index is 3.16. The lowest BCUT2D eigenvalue weighted by molar-refractivity contribution is 1.77. The molecule has 0 aliphatic heterocycles. The Bertz CT molecular complexity index is 1070. The summed E-state index contributed by atoms with van der Waals surface area (Å²) in [5.41, 5.74) is 0. The summed E-state index contributed by atoms with van der Waals surface area (Å²) >= 11 is 0. The largest absolute Gasteiger partial charge is 0.0616 e. The van der Waals surface area contributed by atoms with Crippen LogP contribution in [0.15, 0.2) is 78.9 Å². The Morgan fingerprint density at radius 1 is 0.500 bits per heavy atom. The molecule has 0 saturated carbocycles. The molecule has 0 heteroatoms. The van der Waals surface area contributed by atoms with E-state index in [2.05, 4.69) is 78.9 Å². The molecule has 0 bridgehead atoms. The molecule has 0 heterocycles. The highest BCUT2D eigenvalue weighted by Gasteiger charge is 2.04. The van der Waals surface area contributed by atoms with Gasteiger partial charge in [-0.1, -0.05) is 48.5 Å². The van der Waals surface area contributed by atoms with Crippen LogP contribution in [0.2, 0.25) is 0 Å². The number of rotatable bonds is 0. The molecule has 0 saturated heterocycles. The fourth-order valence-corrected chi connectivity index (χ4v) is 3.38. The Labute approximate surface area is 128 Å². The fourth-order valence-electron chi connectivity index (χ4n) is 3.38. The van der Waals surface area contributed by atoms with E-state index in [0.29, 0.717) is 0 Å². The van der Waals surface area contributed by atoms with Crippen molar-refractivity contribution in [3.63, 3.8) is 0 Å². The molecule has 0 spiro atoms. The summed E-state index contributed by atoms with van der Waals surface area (Å²) in [6, 6.07) is 31.5. The molecule has 0 unspecified atom stereocenters. The highest BCUT2D eigenvalue weighted by molar-refractivity contribution is 6.15. The van der Waals surface area contributed by atoms with Crippen LogP contribution in [0.5, 0.6) is 0 Å². The van der Waals surface area contributed by atoms with Crippen LogP contribution in [0.4, 0.5) is 0 Å². The highest BCUT2D eigenvalue weighted by Crippen LogP contribution is 2.32. The molecule has 0 aromatic heterocycles. The van der Waals surface area contributed by atoms with Crippen LogP contribution in [0, 0.1) is 6.07 Å². The lowest BCUT2D eigenvalue weighted by Crippen LogP contribution is -1.81. The van der Waals surface area contributed by atoms with E-state index >= 15 is 0 Å². The minimum atomic E-state index is 1.25. The van der Waals surface area contributed by atoms with Crippen LogP contribution in [0.25, 0.3) is 43.1 Å². The van der Waals surface area contributed by atoms with Crippen LogP contribution in [-0.2, 0) is 0 Å². The van der Waals surface area contributed by atoms with E-state index in [1.54, 1.807) is 0 Å². The second-order valence-electron chi connectivity index (χ2n) is 5.83. The molecule has 0 amide bonds. The van der Waals surface area contributed by atoms with Crippen LogP contribution in [0.1, 0.15) is 0 Å². The number of benzene rings is 5. The van der Waals surface area contributed by atoms with E-state index in [0.717, 1.165) is 0 Å². The quantitative estimate of drug-likeness (QED) is 0.237. The molecule has 5 aromatic carbocycles. The van der Waals surface area contributed by atoms with Crippen LogP contribution < -0.4 is 0 Å². The molecule has 0 N–H and O–H groups in total. The van der Waals surface area contributed by atoms with E-state index in [1.165, 1.54) is 43.1 Å². The summed E-state index contributed by atoms with van der Waals surface area (Å²) in [6.45, 7) is 0. The number of hydrogen-bond donors (Lipinski definition) is 0. The number of hydrogen-bond acceptors (Lipinski definition) is 0. The van der Waals surface area contributed by atoms with Crippen molar-refractivity contribution in [2.45, 2.75) is 0 Å². The van der Waals surface area contributed by atoms with Gasteiger partial charge in [0.25, 0.3) is 0 Å². The standard InChI is InChI=1S/C22H13/c1-3-7-17-13-21-19(11-15(17)5-1)9-10-20-12-16-6-2-4-8-18(16)14-22(20)21/h1,3-14H. The Hall–Kier alpha value is -2.86. The third kappa shape index (κ3) is 1.64. The summed E-state index contributed by atoms with van der Waals surface area (Å²) in [6.07, 6.45) is 0. The summed E-state index contributed by atoms with van der Waals surface area (Å²) < 4.78 is 0. The highest BCUT2D eigenvalue weighted by atomic mass is 14.1. The SMILES string of the molecule is [c]1ccc2cc3c(ccc4cc5ccccc5cc43)cc2c1. The van der Waals surface area contributed by atoms with E-state index < -0.39 is 0 Å². The van der Waals surface area contributed by atoms with Gasteiger partial charge in [-0.05, 0) is 79.5 Å². The zero-order valence-corrected chi connectivity index (χ0v) is 12.0. The Kier molecular flexibility index (Phi) is 2.31. The predicted molar refractivity (Wildman–Crippen MR) is 95.3 cm³/mol. The Balaban J connectivity index is 2.00. The van der Waals surface area contributed by atoms with Crippen molar-refractivity contribution in [3.8, 4) is 0 Å². The van der Waals surface area contributed by atoms with Crippen molar-refractivity contribution in [2.24, 2.45) is 0 Å². The van der Waals surface area contributed by atoms with Crippen molar-refractivity contribution >= 4 is 43.1 Å². The van der Waals surface area contributed by atoms with Gasteiger partial charge in [-0.25, -0.2) is 0 Å². The van der Waals surface area contributed by atoms with Crippen LogP contribution in [-0.4, -0.2) is 0 Å². The van der Waals surface area contributed by atoms with Crippen molar-refractivity contribution in [3.05, 3.63) is 84.9 Å². The molecule has 5 aromatic rings. The Morgan fingerprint density at radius 3 is 1.82 bits per heavy atom. The molecule has 0 aliphatic carbocycles. The normalized spacial score (nSPS) is 11.6. The molecule has 22 heavy (non-hydrogen) atoms. The molecule has 0 nitrogen and oxygen atoms in total. The maximum Gasteiger partial charge on any atom is -0.00988 e. The first kappa shape index (κ1) is 11.8. The topological polar surface area (TPSA) is 0 Å². The van der Waals surface area contributed by atoms with Gasteiger partial charge in [0.2, 0.25) is 0 Å². The van der Waals surface area contributed by atoms with Gasteiger partial charge in [-0.3, -0.25) is 0 Å². The van der Waals surface area contributed by atoms with Crippen molar-refractivity contribution < 1.29 is 0 Å². The van der Waals surface area contributed by atoms with E-state index in [1.807, 2.05) is 6.07 Å². The first-order valence-corrected chi connectivity index (χ1v) is 7.54. The second-order valence-corrected chi connectivity index (χ2v) is 5.83. The van der Waals surface area contributed by atoms with Gasteiger partial charge in [0, 0.05) is 0 Å². The van der Waals surface area contributed by atoms with Crippen molar-refractivity contribution in [2.75, 3.05) is 0 Å². The van der Waals surface area contributed by atoms with Gasteiger partial charge < -0.3 is 0 Å². The van der Waals surface area contributed by atoms with Gasteiger partial charge >= 0.3 is 0 Å². The Morgan fingerprint density at radius 2 is 1.09 bits per heavy atom. The molecule has 0 atom stereocenters. The third-order valence-corrected chi connectivity index (χ3v) is 4.50. The zero-order chi connectivity index (χ0) is 14.5. The summed E-state index contributed by atoms with van der Waals surface area (Å²) in [5.74, 6) is 0. The first-order chi connectivity index (χ1) is 10.9. The predicted octanol–water partition coefficient (Wildman–Crippen LogP) is 6.10. The molecule has 101 valence electrons. The first-order valence-electron chi connectivity index (χ1n) is 7.54. The minimum Gasteiger partial charge on any atom is -0.0616 e. The van der Waals surface area contributed by atoms with Gasteiger partial charge in [0.1, 0.15) is 0 Å². The van der Waals surface area contributed by atoms with Gasteiger partial charge in [-0.2, -0.15) is 0 Å². The zero-order valence-electron chi connectivity index (χ0n) is 12.0. The molecule has 1 radical (unpaired) electrons. The fraction of sp³-hybridized carbons (Fsp3) is 0. The van der Waals surface area contributed by atoms with Crippen molar-refractivity contribution in [1.29, 1.82) is 0 Å². The average molecular weight is 277 g/mol. The number of fused-ring (bicyclic) bond motifs is 5. The van der Waals surface area contributed by atoms with E-state index in [9.17, 15) is 0 Å². The van der Waals surface area contributed by atoms with Crippen LogP contribution >= 0.6 is 0 Å². The van der Waals surface area contributed by atoms with E-state index in [4.69, 9.17) is 0 Å². The second kappa shape index (κ2) is 4.32. The summed E-state index contributed by atoms with van der Waals surface area (Å²) in [7, 11) is 0. The minimum absolute atomic E-state index is 1.25. The molecule has 5 rings (SSSR count). The molecule has 0 aliphatic rings. The van der Waals surface area contributed by atoms with Crippen molar-refractivity contribution in [1.82, 2.24) is 0 Å². The smallest absolute Gasteiger partial charge is 0.00988 e. The lowest BCUT2D eigenvalue weighted by atomic mass is 9.96. The van der Waals surface area contributed by atoms with Gasteiger partial charge in [0.15, 0.2) is 0 Å². The van der Waals surface area contributed by atoms with Crippen LogP contribution in [0.3, 0.4) is 0 Å². The lowest BCUT2D eigenvalue weighted by Gasteiger charge is -2.08. The molecule has 0 fully saturated rings. The summed E-state index contributed by atoms with van der Waals surface area (Å²) in [5, 5.41) is 10.3. The molecular formula is C22H13.